The van der Waals surface area contributed by atoms with Gasteiger partial charge in [-0.1, -0.05) is 0 Å². The number of rotatable bonds is 2. The molecule has 0 fully saturated rings. The first kappa shape index (κ1) is 9.72. The van der Waals surface area contributed by atoms with Gasteiger partial charge in [-0.25, -0.2) is 4.68 Å². The molecule has 7 heteroatoms. The van der Waals surface area contributed by atoms with Crippen molar-refractivity contribution < 1.29 is 4.42 Å². The summed E-state index contributed by atoms with van der Waals surface area (Å²) in [6, 6.07) is 1.87. The fraction of sp³-hybridized carbons (Fsp3) is 0.143. The fourth-order valence-electron chi connectivity index (χ4n) is 1.04. The molecule has 0 saturated heterocycles. The third-order valence-electron chi connectivity index (χ3n) is 1.60. The Balaban J connectivity index is 2.22. The van der Waals surface area contributed by atoms with Crippen LogP contribution in [-0.2, 0) is 6.54 Å². The van der Waals surface area contributed by atoms with Crippen LogP contribution < -0.4 is 5.73 Å². The Morgan fingerprint density at radius 1 is 1.50 bits per heavy atom. The summed E-state index contributed by atoms with van der Waals surface area (Å²) < 4.78 is 8.03. The Bertz CT molecular complexity index is 450. The molecule has 2 aromatic rings. The second-order valence-electron chi connectivity index (χ2n) is 2.66. The van der Waals surface area contributed by atoms with Crippen molar-refractivity contribution in [3.8, 4) is 0 Å². The lowest BCUT2D eigenvalue weighted by Crippen LogP contribution is -2.01. The topological polar surface area (TPSA) is 69.9 Å². The van der Waals surface area contributed by atoms with E-state index in [1.807, 2.05) is 6.07 Å². The summed E-state index contributed by atoms with van der Waals surface area (Å²) in [6.45, 7) is 0.569. The highest BCUT2D eigenvalue weighted by Crippen LogP contribution is 2.16. The molecule has 0 aliphatic heterocycles. The molecule has 0 amide bonds. The van der Waals surface area contributed by atoms with Gasteiger partial charge >= 0.3 is 0 Å². The average Bonchev–Trinajstić information content (AvgIpc) is 2.61. The lowest BCUT2D eigenvalue weighted by molar-refractivity contribution is 0.535. The summed E-state index contributed by atoms with van der Waals surface area (Å²) in [5.41, 5.74) is 6.42. The van der Waals surface area contributed by atoms with E-state index in [9.17, 15) is 0 Å². The number of furan rings is 1. The largest absolute Gasteiger partial charge is 0.457 e. The summed E-state index contributed by atoms with van der Waals surface area (Å²) in [4.78, 5) is 3.92. The SMILES string of the molecule is Nc1nc(Br)n(Cc2coc(Br)c2)n1. The van der Waals surface area contributed by atoms with Gasteiger partial charge in [-0.15, -0.1) is 5.10 Å². The highest BCUT2D eigenvalue weighted by Gasteiger charge is 2.06. The molecule has 0 bridgehead atoms. The number of nitrogen functional groups attached to an aromatic ring is 1. The fourth-order valence-corrected chi connectivity index (χ4v) is 1.82. The summed E-state index contributed by atoms with van der Waals surface area (Å²) in [5.74, 6) is 0.249. The second-order valence-corrected chi connectivity index (χ2v) is 4.15. The molecule has 0 unspecified atom stereocenters. The zero-order valence-electron chi connectivity index (χ0n) is 6.94. The lowest BCUT2D eigenvalue weighted by atomic mass is 10.3. The van der Waals surface area contributed by atoms with Crippen LogP contribution in [0.2, 0.25) is 0 Å². The highest BCUT2D eigenvalue weighted by molar-refractivity contribution is 9.10. The zero-order valence-corrected chi connectivity index (χ0v) is 10.1. The molecular weight excluding hydrogens is 316 g/mol. The summed E-state index contributed by atoms with van der Waals surface area (Å²) in [7, 11) is 0. The van der Waals surface area contributed by atoms with E-state index in [0.29, 0.717) is 15.9 Å². The minimum atomic E-state index is 0.249. The van der Waals surface area contributed by atoms with Crippen molar-refractivity contribution in [1.29, 1.82) is 0 Å². The molecule has 0 atom stereocenters. The summed E-state index contributed by atoms with van der Waals surface area (Å²) >= 11 is 6.47. The number of nitrogens with zero attached hydrogens (tertiary/aromatic N) is 3. The number of hydrogen-bond donors (Lipinski definition) is 1. The molecule has 5 nitrogen and oxygen atoms in total. The van der Waals surface area contributed by atoms with Crippen molar-refractivity contribution in [2.24, 2.45) is 0 Å². The van der Waals surface area contributed by atoms with Gasteiger partial charge in [-0.05, 0) is 37.9 Å². The third kappa shape index (κ3) is 1.98. The van der Waals surface area contributed by atoms with Crippen LogP contribution in [0.25, 0.3) is 0 Å². The highest BCUT2D eigenvalue weighted by atomic mass is 79.9. The number of hydrogen-bond acceptors (Lipinski definition) is 4. The molecule has 0 radical (unpaired) electrons. The van der Waals surface area contributed by atoms with E-state index < -0.39 is 0 Å². The molecule has 0 aromatic carbocycles. The van der Waals surface area contributed by atoms with Gasteiger partial charge in [0.25, 0.3) is 0 Å². The summed E-state index contributed by atoms with van der Waals surface area (Å²) in [6.07, 6.45) is 1.65. The van der Waals surface area contributed by atoms with Crippen molar-refractivity contribution in [3.63, 3.8) is 0 Å². The van der Waals surface area contributed by atoms with Crippen molar-refractivity contribution in [2.75, 3.05) is 5.73 Å². The Labute approximate surface area is 96.5 Å². The van der Waals surface area contributed by atoms with E-state index in [2.05, 4.69) is 41.9 Å². The molecule has 0 saturated carbocycles. The standard InChI is InChI=1S/C7H6Br2N4O/c8-5-1-4(3-14-5)2-13-6(9)11-7(10)12-13/h1,3H,2H2,(H2,10,12). The quantitative estimate of drug-likeness (QED) is 0.918. The van der Waals surface area contributed by atoms with Gasteiger partial charge in [-0.3, -0.25) is 0 Å². The normalized spacial score (nSPS) is 10.7. The van der Waals surface area contributed by atoms with Gasteiger partial charge in [0.2, 0.25) is 5.95 Å². The van der Waals surface area contributed by atoms with Crippen molar-refractivity contribution in [2.45, 2.75) is 6.54 Å². The van der Waals surface area contributed by atoms with Crippen LogP contribution in [0.4, 0.5) is 5.95 Å². The van der Waals surface area contributed by atoms with Gasteiger partial charge < -0.3 is 10.2 Å². The maximum Gasteiger partial charge on any atom is 0.240 e. The molecule has 14 heavy (non-hydrogen) atoms. The maximum absolute atomic E-state index is 5.43. The second kappa shape index (κ2) is 3.74. The molecule has 2 N–H and O–H groups in total. The zero-order chi connectivity index (χ0) is 10.1. The Morgan fingerprint density at radius 3 is 2.79 bits per heavy atom. The van der Waals surface area contributed by atoms with E-state index in [1.54, 1.807) is 10.9 Å². The molecular formula is C7H6Br2N4O. The molecule has 0 aliphatic carbocycles. The van der Waals surface area contributed by atoms with E-state index in [1.165, 1.54) is 0 Å². The molecule has 0 spiro atoms. The molecule has 2 rings (SSSR count). The van der Waals surface area contributed by atoms with Crippen molar-refractivity contribution in [1.82, 2.24) is 14.8 Å². The molecule has 74 valence electrons. The number of halogens is 2. The first-order valence-corrected chi connectivity index (χ1v) is 5.32. The van der Waals surface area contributed by atoms with Crippen LogP contribution >= 0.6 is 31.9 Å². The first-order valence-electron chi connectivity index (χ1n) is 3.74. The van der Waals surface area contributed by atoms with E-state index in [4.69, 9.17) is 10.2 Å². The molecule has 2 heterocycles. The van der Waals surface area contributed by atoms with Gasteiger partial charge in [0.1, 0.15) is 0 Å². The number of anilines is 1. The number of aromatic nitrogens is 3. The predicted molar refractivity (Wildman–Crippen MR) is 57.6 cm³/mol. The maximum atomic E-state index is 5.43. The molecule has 2 aromatic heterocycles. The molecule has 0 aliphatic rings. The van der Waals surface area contributed by atoms with Crippen LogP contribution in [0.1, 0.15) is 5.56 Å². The van der Waals surface area contributed by atoms with Gasteiger partial charge in [0, 0.05) is 5.56 Å². The average molecular weight is 322 g/mol. The van der Waals surface area contributed by atoms with Crippen molar-refractivity contribution in [3.05, 3.63) is 27.3 Å². The van der Waals surface area contributed by atoms with Crippen LogP contribution in [0, 0.1) is 0 Å². The van der Waals surface area contributed by atoms with E-state index in [0.717, 1.165) is 5.56 Å². The minimum absolute atomic E-state index is 0.249. The van der Waals surface area contributed by atoms with Crippen LogP contribution in [-0.4, -0.2) is 14.8 Å². The number of nitrogens with two attached hydrogens (primary N) is 1. The first-order chi connectivity index (χ1) is 6.65. The van der Waals surface area contributed by atoms with Crippen LogP contribution in [0.5, 0.6) is 0 Å². The minimum Gasteiger partial charge on any atom is -0.457 e. The Morgan fingerprint density at radius 2 is 2.29 bits per heavy atom. The smallest absolute Gasteiger partial charge is 0.240 e. The van der Waals surface area contributed by atoms with Gasteiger partial charge in [-0.2, -0.15) is 4.98 Å². The van der Waals surface area contributed by atoms with Crippen molar-refractivity contribution >= 4 is 37.8 Å². The van der Waals surface area contributed by atoms with Gasteiger partial charge in [0.15, 0.2) is 9.40 Å². The monoisotopic (exact) mass is 320 g/mol. The predicted octanol–water partition coefficient (Wildman–Crippen LogP) is 2.03. The third-order valence-corrected chi connectivity index (χ3v) is 2.60. The van der Waals surface area contributed by atoms with E-state index >= 15 is 0 Å². The van der Waals surface area contributed by atoms with Gasteiger partial charge in [0.05, 0.1) is 12.8 Å². The Hall–Kier alpha value is -0.820. The van der Waals surface area contributed by atoms with Crippen LogP contribution in [0.15, 0.2) is 26.1 Å². The lowest BCUT2D eigenvalue weighted by Gasteiger charge is -1.96. The van der Waals surface area contributed by atoms with E-state index in [-0.39, 0.29) is 5.95 Å². The van der Waals surface area contributed by atoms with Crippen LogP contribution in [0.3, 0.4) is 0 Å². The summed E-state index contributed by atoms with van der Waals surface area (Å²) in [5, 5.41) is 3.99. The Kier molecular flexibility index (Phi) is 2.60.